The molecule has 1 aromatic carbocycles. The van der Waals surface area contributed by atoms with E-state index in [1.165, 1.54) is 0 Å². The number of nitrogens with one attached hydrogen (secondary N) is 1. The molecule has 19 heavy (non-hydrogen) atoms. The third kappa shape index (κ3) is 5.33. The van der Waals surface area contributed by atoms with Crippen LogP contribution < -0.4 is 10.1 Å². The van der Waals surface area contributed by atoms with Gasteiger partial charge in [-0.2, -0.15) is 0 Å². The van der Waals surface area contributed by atoms with Crippen LogP contribution in [0.3, 0.4) is 0 Å². The van der Waals surface area contributed by atoms with Crippen LogP contribution in [0.2, 0.25) is 0 Å². The van der Waals surface area contributed by atoms with E-state index in [4.69, 9.17) is 4.74 Å². The van der Waals surface area contributed by atoms with Gasteiger partial charge in [-0.1, -0.05) is 32.8 Å². The second kappa shape index (κ2) is 7.82. The molecule has 0 fully saturated rings. The zero-order valence-corrected chi connectivity index (χ0v) is 12.4. The van der Waals surface area contributed by atoms with Crippen molar-refractivity contribution in [1.29, 1.82) is 0 Å². The minimum atomic E-state index is -0.0268. The molecule has 0 aliphatic carbocycles. The van der Waals surface area contributed by atoms with Crippen molar-refractivity contribution in [2.24, 2.45) is 5.92 Å². The smallest absolute Gasteiger partial charge is 0.251 e. The molecule has 106 valence electrons. The highest BCUT2D eigenvalue weighted by molar-refractivity contribution is 5.94. The number of hydrogen-bond acceptors (Lipinski definition) is 2. The zero-order valence-electron chi connectivity index (χ0n) is 12.4. The number of amides is 1. The Hall–Kier alpha value is -1.51. The summed E-state index contributed by atoms with van der Waals surface area (Å²) in [6, 6.07) is 7.33. The maximum absolute atomic E-state index is 12.1. The number of benzene rings is 1. The van der Waals surface area contributed by atoms with Crippen LogP contribution in [0.5, 0.6) is 5.75 Å². The lowest BCUT2D eigenvalue weighted by Gasteiger charge is -2.14. The highest BCUT2D eigenvalue weighted by atomic mass is 16.5. The van der Waals surface area contributed by atoms with Gasteiger partial charge in [0, 0.05) is 12.1 Å². The monoisotopic (exact) mass is 263 g/mol. The number of rotatable bonds is 7. The van der Waals surface area contributed by atoms with Gasteiger partial charge in [0.15, 0.2) is 0 Å². The minimum Gasteiger partial charge on any atom is -0.491 e. The number of hydrogen-bond donors (Lipinski definition) is 1. The van der Waals surface area contributed by atoms with E-state index in [-0.39, 0.29) is 12.0 Å². The van der Waals surface area contributed by atoms with E-state index in [1.54, 1.807) is 6.07 Å². The third-order valence-corrected chi connectivity index (χ3v) is 3.17. The predicted octanol–water partition coefficient (Wildman–Crippen LogP) is 3.64. The number of ether oxygens (including phenoxy) is 1. The number of carbonyl (C=O) groups excluding carboxylic acids is 1. The van der Waals surface area contributed by atoms with Crippen LogP contribution in [0.4, 0.5) is 0 Å². The molecule has 1 amide bonds. The maximum Gasteiger partial charge on any atom is 0.251 e. The van der Waals surface area contributed by atoms with Gasteiger partial charge < -0.3 is 10.1 Å². The van der Waals surface area contributed by atoms with Gasteiger partial charge in [0.25, 0.3) is 5.91 Å². The Kier molecular flexibility index (Phi) is 6.40. The average molecular weight is 263 g/mol. The molecule has 0 unspecified atom stereocenters. The SMILES string of the molecule is CCC(CC)CNC(=O)c1cccc(OC(C)C)c1. The zero-order chi connectivity index (χ0) is 14.3. The van der Waals surface area contributed by atoms with Crippen LogP contribution >= 0.6 is 0 Å². The van der Waals surface area contributed by atoms with Crippen molar-refractivity contribution in [3.63, 3.8) is 0 Å². The summed E-state index contributed by atoms with van der Waals surface area (Å²) < 4.78 is 5.59. The van der Waals surface area contributed by atoms with Crippen LogP contribution in [0.25, 0.3) is 0 Å². The molecule has 0 spiro atoms. The summed E-state index contributed by atoms with van der Waals surface area (Å²) in [5.74, 6) is 1.27. The summed E-state index contributed by atoms with van der Waals surface area (Å²) in [4.78, 5) is 12.1. The molecule has 1 rings (SSSR count). The van der Waals surface area contributed by atoms with Crippen molar-refractivity contribution in [3.8, 4) is 5.75 Å². The van der Waals surface area contributed by atoms with Gasteiger partial charge in [-0.25, -0.2) is 0 Å². The van der Waals surface area contributed by atoms with Gasteiger partial charge in [-0.15, -0.1) is 0 Å². The summed E-state index contributed by atoms with van der Waals surface area (Å²) in [6.07, 6.45) is 2.29. The summed E-state index contributed by atoms with van der Waals surface area (Å²) in [6.45, 7) is 8.98. The van der Waals surface area contributed by atoms with E-state index in [2.05, 4.69) is 19.2 Å². The van der Waals surface area contributed by atoms with Gasteiger partial charge >= 0.3 is 0 Å². The largest absolute Gasteiger partial charge is 0.491 e. The highest BCUT2D eigenvalue weighted by Gasteiger charge is 2.09. The van der Waals surface area contributed by atoms with E-state index >= 15 is 0 Å². The normalized spacial score (nSPS) is 10.8. The molecule has 0 aromatic heterocycles. The number of carbonyl (C=O) groups is 1. The molecule has 0 bridgehead atoms. The minimum absolute atomic E-state index is 0.0268. The van der Waals surface area contributed by atoms with Gasteiger partial charge in [0.1, 0.15) is 5.75 Å². The molecule has 0 saturated carbocycles. The highest BCUT2D eigenvalue weighted by Crippen LogP contribution is 2.15. The Balaban J connectivity index is 2.61. The van der Waals surface area contributed by atoms with Crippen molar-refractivity contribution in [2.75, 3.05) is 6.54 Å². The van der Waals surface area contributed by atoms with Crippen LogP contribution in [-0.4, -0.2) is 18.6 Å². The van der Waals surface area contributed by atoms with E-state index in [0.29, 0.717) is 11.5 Å². The lowest BCUT2D eigenvalue weighted by atomic mass is 10.0. The Morgan fingerprint density at radius 3 is 2.53 bits per heavy atom. The molecule has 0 saturated heterocycles. The fraction of sp³-hybridized carbons (Fsp3) is 0.562. The van der Waals surface area contributed by atoms with Crippen LogP contribution in [0, 0.1) is 5.92 Å². The summed E-state index contributed by atoms with van der Waals surface area (Å²) in [5.41, 5.74) is 0.657. The second-order valence-corrected chi connectivity index (χ2v) is 5.09. The Morgan fingerprint density at radius 1 is 1.26 bits per heavy atom. The molecular formula is C16H25NO2. The van der Waals surface area contributed by atoms with Crippen LogP contribution in [0.1, 0.15) is 50.9 Å². The van der Waals surface area contributed by atoms with E-state index < -0.39 is 0 Å². The van der Waals surface area contributed by atoms with E-state index in [9.17, 15) is 4.79 Å². The quantitative estimate of drug-likeness (QED) is 0.815. The molecule has 0 aliphatic rings. The van der Waals surface area contributed by atoms with E-state index in [1.807, 2.05) is 32.0 Å². The van der Waals surface area contributed by atoms with Crippen molar-refractivity contribution in [1.82, 2.24) is 5.32 Å². The molecule has 3 heteroatoms. The average Bonchev–Trinajstić information content (AvgIpc) is 2.39. The first-order chi connectivity index (χ1) is 9.06. The lowest BCUT2D eigenvalue weighted by Crippen LogP contribution is -2.28. The van der Waals surface area contributed by atoms with Crippen molar-refractivity contribution in [2.45, 2.75) is 46.6 Å². The fourth-order valence-electron chi connectivity index (χ4n) is 1.90. The molecule has 0 atom stereocenters. The molecule has 1 N–H and O–H groups in total. The molecule has 1 aromatic rings. The summed E-state index contributed by atoms with van der Waals surface area (Å²) >= 11 is 0. The predicted molar refractivity (Wildman–Crippen MR) is 78.6 cm³/mol. The van der Waals surface area contributed by atoms with Crippen molar-refractivity contribution < 1.29 is 9.53 Å². The molecule has 0 heterocycles. The van der Waals surface area contributed by atoms with Gasteiger partial charge in [0.2, 0.25) is 0 Å². The summed E-state index contributed by atoms with van der Waals surface area (Å²) in [7, 11) is 0. The standard InChI is InChI=1S/C16H25NO2/c1-5-13(6-2)11-17-16(18)14-8-7-9-15(10-14)19-12(3)4/h7-10,12-13H,5-6,11H2,1-4H3,(H,17,18). The topological polar surface area (TPSA) is 38.3 Å². The second-order valence-electron chi connectivity index (χ2n) is 5.09. The van der Waals surface area contributed by atoms with Crippen molar-refractivity contribution >= 4 is 5.91 Å². The first kappa shape index (κ1) is 15.5. The van der Waals surface area contributed by atoms with E-state index in [0.717, 1.165) is 25.1 Å². The lowest BCUT2D eigenvalue weighted by molar-refractivity contribution is 0.0945. The Labute approximate surface area is 116 Å². The van der Waals surface area contributed by atoms with Crippen molar-refractivity contribution in [3.05, 3.63) is 29.8 Å². The van der Waals surface area contributed by atoms with Crippen LogP contribution in [0.15, 0.2) is 24.3 Å². The molecule has 3 nitrogen and oxygen atoms in total. The third-order valence-electron chi connectivity index (χ3n) is 3.17. The summed E-state index contributed by atoms with van der Waals surface area (Å²) in [5, 5.41) is 2.99. The molecule has 0 aliphatic heterocycles. The van der Waals surface area contributed by atoms with Crippen LogP contribution in [-0.2, 0) is 0 Å². The molecule has 0 radical (unpaired) electrons. The molecular weight excluding hydrogens is 238 g/mol. The Morgan fingerprint density at radius 2 is 1.95 bits per heavy atom. The van der Waals surface area contributed by atoms with Gasteiger partial charge in [0.05, 0.1) is 6.10 Å². The first-order valence-corrected chi connectivity index (χ1v) is 7.11. The first-order valence-electron chi connectivity index (χ1n) is 7.11. The Bertz CT molecular complexity index is 397. The fourth-order valence-corrected chi connectivity index (χ4v) is 1.90. The van der Waals surface area contributed by atoms with Gasteiger partial charge in [-0.3, -0.25) is 4.79 Å². The maximum atomic E-state index is 12.1. The van der Waals surface area contributed by atoms with Gasteiger partial charge in [-0.05, 0) is 38.0 Å².